The Morgan fingerprint density at radius 3 is 2.67 bits per heavy atom. The summed E-state index contributed by atoms with van der Waals surface area (Å²) in [5, 5.41) is 2.65. The lowest BCUT2D eigenvalue weighted by Crippen LogP contribution is -2.46. The smallest absolute Gasteiger partial charge is 0.310 e. The summed E-state index contributed by atoms with van der Waals surface area (Å²) in [4.78, 5) is 36.4. The molecule has 0 spiro atoms. The first kappa shape index (κ1) is 17.4. The number of amides is 2. The van der Waals surface area contributed by atoms with Crippen LogP contribution in [0.25, 0.3) is 0 Å². The number of rotatable bonds is 7. The maximum absolute atomic E-state index is 12.4. The fraction of sp³-hybridized carbons (Fsp3) is 0.786. The van der Waals surface area contributed by atoms with Crippen molar-refractivity contribution in [2.24, 2.45) is 5.92 Å². The summed E-state index contributed by atoms with van der Waals surface area (Å²) in [6.07, 6.45) is 1.12. The first-order chi connectivity index (χ1) is 9.95. The van der Waals surface area contributed by atoms with Crippen molar-refractivity contribution in [3.05, 3.63) is 0 Å². The van der Waals surface area contributed by atoms with Crippen molar-refractivity contribution < 1.29 is 23.9 Å². The largest absolute Gasteiger partial charge is 0.469 e. The standard InChI is InChI=1S/C14H24N2O5/c1-10(14(19)20-3)9-16(7-6-15-11(2)17)13(18)12-5-4-8-21-12/h10,12H,4-9H2,1-3H3,(H,15,17). The summed E-state index contributed by atoms with van der Waals surface area (Å²) in [7, 11) is 1.32. The molecule has 0 aromatic heterocycles. The summed E-state index contributed by atoms with van der Waals surface area (Å²) >= 11 is 0. The second kappa shape index (κ2) is 8.61. The zero-order chi connectivity index (χ0) is 15.8. The molecular formula is C14H24N2O5. The summed E-state index contributed by atoms with van der Waals surface area (Å²) in [5.74, 6) is -1.06. The van der Waals surface area contributed by atoms with Crippen LogP contribution in [-0.4, -0.2) is 62.1 Å². The molecule has 0 aromatic carbocycles. The number of hydrogen-bond acceptors (Lipinski definition) is 5. The van der Waals surface area contributed by atoms with Crippen LogP contribution in [0.2, 0.25) is 0 Å². The Kier molecular flexibility index (Phi) is 7.14. The van der Waals surface area contributed by atoms with E-state index in [1.165, 1.54) is 14.0 Å². The van der Waals surface area contributed by atoms with Crippen LogP contribution in [0, 0.1) is 5.92 Å². The van der Waals surface area contributed by atoms with Gasteiger partial charge in [-0.1, -0.05) is 6.92 Å². The molecule has 7 heteroatoms. The number of carbonyl (C=O) groups excluding carboxylic acids is 3. The van der Waals surface area contributed by atoms with Crippen molar-refractivity contribution in [3.63, 3.8) is 0 Å². The first-order valence-electron chi connectivity index (χ1n) is 7.18. The van der Waals surface area contributed by atoms with Gasteiger partial charge in [0, 0.05) is 33.2 Å². The molecule has 0 radical (unpaired) electrons. The number of nitrogens with zero attached hydrogens (tertiary/aromatic N) is 1. The Labute approximate surface area is 124 Å². The number of methoxy groups -OCH3 is 1. The summed E-state index contributed by atoms with van der Waals surface area (Å²) < 4.78 is 10.1. The van der Waals surface area contributed by atoms with Crippen LogP contribution in [0.5, 0.6) is 0 Å². The van der Waals surface area contributed by atoms with Gasteiger partial charge < -0.3 is 19.7 Å². The third kappa shape index (κ3) is 5.71. The number of nitrogens with one attached hydrogen (secondary N) is 1. The highest BCUT2D eigenvalue weighted by atomic mass is 16.5. The highest BCUT2D eigenvalue weighted by molar-refractivity contribution is 5.82. The number of hydrogen-bond donors (Lipinski definition) is 1. The maximum atomic E-state index is 12.4. The fourth-order valence-corrected chi connectivity index (χ4v) is 2.24. The fourth-order valence-electron chi connectivity index (χ4n) is 2.24. The summed E-state index contributed by atoms with van der Waals surface area (Å²) in [6.45, 7) is 4.66. The van der Waals surface area contributed by atoms with Gasteiger partial charge in [-0.05, 0) is 12.8 Å². The van der Waals surface area contributed by atoms with Gasteiger partial charge in [-0.25, -0.2) is 0 Å². The van der Waals surface area contributed by atoms with Gasteiger partial charge in [-0.2, -0.15) is 0 Å². The average molecular weight is 300 g/mol. The predicted octanol–water partition coefficient (Wildman–Crippen LogP) is -0.0608. The molecule has 0 bridgehead atoms. The highest BCUT2D eigenvalue weighted by Gasteiger charge is 2.30. The van der Waals surface area contributed by atoms with Crippen molar-refractivity contribution in [2.45, 2.75) is 32.8 Å². The van der Waals surface area contributed by atoms with Crippen LogP contribution in [0.4, 0.5) is 0 Å². The van der Waals surface area contributed by atoms with E-state index in [1.54, 1.807) is 11.8 Å². The minimum absolute atomic E-state index is 0.131. The van der Waals surface area contributed by atoms with E-state index in [0.717, 1.165) is 6.42 Å². The normalized spacial score (nSPS) is 18.9. The van der Waals surface area contributed by atoms with E-state index < -0.39 is 12.0 Å². The lowest BCUT2D eigenvalue weighted by Gasteiger charge is -2.27. The van der Waals surface area contributed by atoms with Gasteiger partial charge in [-0.3, -0.25) is 14.4 Å². The Bertz CT molecular complexity index is 380. The lowest BCUT2D eigenvalue weighted by molar-refractivity contribution is -0.148. The van der Waals surface area contributed by atoms with Gasteiger partial charge in [0.25, 0.3) is 5.91 Å². The topological polar surface area (TPSA) is 84.9 Å². The van der Waals surface area contributed by atoms with E-state index in [4.69, 9.17) is 4.74 Å². The van der Waals surface area contributed by atoms with Crippen LogP contribution in [0.15, 0.2) is 0 Å². The van der Waals surface area contributed by atoms with Crippen LogP contribution in [0.3, 0.4) is 0 Å². The molecule has 21 heavy (non-hydrogen) atoms. The van der Waals surface area contributed by atoms with Gasteiger partial charge in [0.15, 0.2) is 0 Å². The van der Waals surface area contributed by atoms with E-state index in [9.17, 15) is 14.4 Å². The van der Waals surface area contributed by atoms with Gasteiger partial charge in [0.2, 0.25) is 5.91 Å². The van der Waals surface area contributed by atoms with E-state index in [-0.39, 0.29) is 24.3 Å². The number of carbonyl (C=O) groups is 3. The minimum Gasteiger partial charge on any atom is -0.469 e. The zero-order valence-corrected chi connectivity index (χ0v) is 12.9. The molecule has 1 N–H and O–H groups in total. The minimum atomic E-state index is -0.438. The van der Waals surface area contributed by atoms with Gasteiger partial charge >= 0.3 is 5.97 Å². The zero-order valence-electron chi connectivity index (χ0n) is 12.9. The van der Waals surface area contributed by atoms with Crippen molar-refractivity contribution >= 4 is 17.8 Å². The molecule has 1 heterocycles. The quantitative estimate of drug-likeness (QED) is 0.666. The summed E-state index contributed by atoms with van der Waals surface area (Å²) in [5.41, 5.74) is 0. The molecule has 1 rings (SSSR count). The van der Waals surface area contributed by atoms with Crippen LogP contribution in [0.1, 0.15) is 26.7 Å². The van der Waals surface area contributed by atoms with Crippen molar-refractivity contribution in [2.75, 3.05) is 33.4 Å². The Morgan fingerprint density at radius 1 is 1.43 bits per heavy atom. The van der Waals surface area contributed by atoms with E-state index in [2.05, 4.69) is 10.1 Å². The third-order valence-corrected chi connectivity index (χ3v) is 3.37. The highest BCUT2D eigenvalue weighted by Crippen LogP contribution is 2.15. The third-order valence-electron chi connectivity index (χ3n) is 3.37. The Balaban J connectivity index is 2.61. The van der Waals surface area contributed by atoms with Crippen molar-refractivity contribution in [1.82, 2.24) is 10.2 Å². The number of esters is 1. The molecule has 7 nitrogen and oxygen atoms in total. The Hall–Kier alpha value is -1.63. The summed E-state index contributed by atoms with van der Waals surface area (Å²) in [6, 6.07) is 0. The van der Waals surface area contributed by atoms with Gasteiger partial charge in [-0.15, -0.1) is 0 Å². The molecule has 120 valence electrons. The molecular weight excluding hydrogens is 276 g/mol. The molecule has 0 saturated carbocycles. The van der Waals surface area contributed by atoms with Crippen molar-refractivity contribution in [1.29, 1.82) is 0 Å². The molecule has 1 fully saturated rings. The molecule has 2 amide bonds. The predicted molar refractivity (Wildman–Crippen MR) is 75.4 cm³/mol. The van der Waals surface area contributed by atoms with Gasteiger partial charge in [0.05, 0.1) is 13.0 Å². The monoisotopic (exact) mass is 300 g/mol. The maximum Gasteiger partial charge on any atom is 0.310 e. The van der Waals surface area contributed by atoms with Crippen LogP contribution >= 0.6 is 0 Å². The molecule has 0 aromatic rings. The molecule has 2 unspecified atom stereocenters. The van der Waals surface area contributed by atoms with Crippen LogP contribution in [-0.2, 0) is 23.9 Å². The molecule has 1 aliphatic rings. The van der Waals surface area contributed by atoms with Gasteiger partial charge in [0.1, 0.15) is 6.10 Å². The van der Waals surface area contributed by atoms with Crippen molar-refractivity contribution in [3.8, 4) is 0 Å². The molecule has 0 aliphatic carbocycles. The molecule has 2 atom stereocenters. The second-order valence-electron chi connectivity index (χ2n) is 5.19. The molecule has 1 saturated heterocycles. The van der Waals surface area contributed by atoms with Crippen LogP contribution < -0.4 is 5.32 Å². The second-order valence-corrected chi connectivity index (χ2v) is 5.19. The van der Waals surface area contributed by atoms with E-state index in [1.807, 2.05) is 0 Å². The lowest BCUT2D eigenvalue weighted by atomic mass is 10.1. The van der Waals surface area contributed by atoms with E-state index >= 15 is 0 Å². The SMILES string of the molecule is COC(=O)C(C)CN(CCNC(C)=O)C(=O)C1CCCO1. The average Bonchev–Trinajstić information content (AvgIpc) is 2.98. The Morgan fingerprint density at radius 2 is 2.14 bits per heavy atom. The number of ether oxygens (including phenoxy) is 2. The molecule has 1 aliphatic heterocycles. The van der Waals surface area contributed by atoms with E-state index in [0.29, 0.717) is 26.1 Å². The first-order valence-corrected chi connectivity index (χ1v) is 7.18.